The number of ether oxygens (including phenoxy) is 2. The highest BCUT2D eigenvalue weighted by atomic mass is 32.2. The van der Waals surface area contributed by atoms with E-state index in [0.717, 1.165) is 49.2 Å². The van der Waals surface area contributed by atoms with Crippen molar-refractivity contribution in [1.29, 1.82) is 0 Å². The van der Waals surface area contributed by atoms with E-state index in [4.69, 9.17) is 9.47 Å². The third-order valence-electron chi connectivity index (χ3n) is 6.52. The first-order valence-corrected chi connectivity index (χ1v) is 12.8. The Hall–Kier alpha value is -2.58. The molecule has 1 atom stereocenters. The van der Waals surface area contributed by atoms with Gasteiger partial charge in [-0.2, -0.15) is 4.31 Å². The highest BCUT2D eigenvalue weighted by molar-refractivity contribution is 7.89. The highest BCUT2D eigenvalue weighted by Gasteiger charge is 2.32. The standard InChI is InChI=1S/C24H28N2O5S/c27-24(18-6-9-20(10-7-18)32(28,29)25-12-2-1-3-13-25)26-14-4-5-21(26)19-8-11-22-23(17-19)31-16-15-30-22/h6-11,17,21H,1-5,12-16H2. The van der Waals surface area contributed by atoms with E-state index in [9.17, 15) is 13.2 Å². The van der Waals surface area contributed by atoms with Crippen LogP contribution in [0.15, 0.2) is 47.4 Å². The molecule has 170 valence electrons. The monoisotopic (exact) mass is 456 g/mol. The van der Waals surface area contributed by atoms with E-state index in [-0.39, 0.29) is 16.8 Å². The quantitative estimate of drug-likeness (QED) is 0.703. The lowest BCUT2D eigenvalue weighted by Crippen LogP contribution is -2.35. The Labute approximate surface area is 189 Å². The summed E-state index contributed by atoms with van der Waals surface area (Å²) in [5, 5.41) is 0. The average molecular weight is 457 g/mol. The Morgan fingerprint density at radius 2 is 1.56 bits per heavy atom. The van der Waals surface area contributed by atoms with Gasteiger partial charge in [0.05, 0.1) is 10.9 Å². The first kappa shape index (κ1) is 21.3. The summed E-state index contributed by atoms with van der Waals surface area (Å²) in [7, 11) is -3.50. The number of piperidine rings is 1. The van der Waals surface area contributed by atoms with Gasteiger partial charge in [-0.15, -0.1) is 0 Å². The van der Waals surface area contributed by atoms with Crippen LogP contribution < -0.4 is 9.47 Å². The van der Waals surface area contributed by atoms with E-state index in [1.807, 2.05) is 23.1 Å². The molecule has 2 fully saturated rings. The molecular formula is C24H28N2O5S. The maximum absolute atomic E-state index is 13.3. The Balaban J connectivity index is 1.34. The largest absolute Gasteiger partial charge is 0.486 e. The molecule has 7 nitrogen and oxygen atoms in total. The number of nitrogens with zero attached hydrogens (tertiary/aromatic N) is 2. The summed E-state index contributed by atoms with van der Waals surface area (Å²) in [4.78, 5) is 15.4. The van der Waals surface area contributed by atoms with Crippen LogP contribution in [-0.2, 0) is 10.0 Å². The normalized spacial score (nSPS) is 21.5. The second-order valence-corrected chi connectivity index (χ2v) is 10.5. The predicted octanol–water partition coefficient (Wildman–Crippen LogP) is 3.61. The molecule has 0 saturated carbocycles. The summed E-state index contributed by atoms with van der Waals surface area (Å²) < 4.78 is 38.6. The molecule has 0 bridgehead atoms. The van der Waals surface area contributed by atoms with Gasteiger partial charge in [0.2, 0.25) is 10.0 Å². The Morgan fingerprint density at radius 3 is 2.31 bits per heavy atom. The molecule has 0 aromatic heterocycles. The number of likely N-dealkylation sites (tertiary alicyclic amines) is 1. The second-order valence-electron chi connectivity index (χ2n) is 8.55. The van der Waals surface area contributed by atoms with Gasteiger partial charge >= 0.3 is 0 Å². The lowest BCUT2D eigenvalue weighted by Gasteiger charge is -2.27. The van der Waals surface area contributed by atoms with Gasteiger partial charge in [-0.05, 0) is 67.6 Å². The molecule has 3 aliphatic rings. The zero-order chi connectivity index (χ0) is 22.1. The van der Waals surface area contributed by atoms with E-state index >= 15 is 0 Å². The third kappa shape index (κ3) is 3.97. The Kier molecular flexibility index (Phi) is 5.82. The van der Waals surface area contributed by atoms with Crippen LogP contribution in [0.5, 0.6) is 11.5 Å². The molecule has 0 spiro atoms. The molecule has 2 aromatic carbocycles. The maximum atomic E-state index is 13.3. The molecule has 1 unspecified atom stereocenters. The topological polar surface area (TPSA) is 76.2 Å². The number of hydrogen-bond donors (Lipinski definition) is 0. The number of sulfonamides is 1. The number of carbonyl (C=O) groups is 1. The third-order valence-corrected chi connectivity index (χ3v) is 8.43. The summed E-state index contributed by atoms with van der Waals surface area (Å²) >= 11 is 0. The number of benzene rings is 2. The lowest BCUT2D eigenvalue weighted by atomic mass is 10.0. The van der Waals surface area contributed by atoms with Crippen molar-refractivity contribution >= 4 is 15.9 Å². The smallest absolute Gasteiger partial charge is 0.254 e. The zero-order valence-corrected chi connectivity index (χ0v) is 18.9. The SMILES string of the molecule is O=C(c1ccc(S(=O)(=O)N2CCCCC2)cc1)N1CCCC1c1ccc2c(c1)OCCO2. The first-order valence-electron chi connectivity index (χ1n) is 11.3. The van der Waals surface area contributed by atoms with Gasteiger partial charge in [-0.25, -0.2) is 8.42 Å². The summed E-state index contributed by atoms with van der Waals surface area (Å²) in [6.45, 7) is 2.87. The summed E-state index contributed by atoms with van der Waals surface area (Å²) in [5.41, 5.74) is 1.54. The number of hydrogen-bond acceptors (Lipinski definition) is 5. The highest BCUT2D eigenvalue weighted by Crippen LogP contribution is 2.38. The van der Waals surface area contributed by atoms with Gasteiger partial charge in [0.15, 0.2) is 11.5 Å². The van der Waals surface area contributed by atoms with Crippen LogP contribution >= 0.6 is 0 Å². The summed E-state index contributed by atoms with van der Waals surface area (Å²) in [6, 6.07) is 12.2. The van der Waals surface area contributed by atoms with Crippen molar-refractivity contribution < 1.29 is 22.7 Å². The van der Waals surface area contributed by atoms with Gasteiger partial charge in [-0.1, -0.05) is 12.5 Å². The average Bonchev–Trinajstić information content (AvgIpc) is 3.34. The minimum Gasteiger partial charge on any atom is -0.486 e. The van der Waals surface area contributed by atoms with Crippen molar-refractivity contribution in [3.63, 3.8) is 0 Å². The second kappa shape index (κ2) is 8.75. The van der Waals surface area contributed by atoms with Crippen LogP contribution in [-0.4, -0.2) is 56.4 Å². The molecule has 0 N–H and O–H groups in total. The first-order chi connectivity index (χ1) is 15.5. The lowest BCUT2D eigenvalue weighted by molar-refractivity contribution is 0.0735. The number of rotatable bonds is 4. The van der Waals surface area contributed by atoms with Crippen LogP contribution in [0.25, 0.3) is 0 Å². The number of carbonyl (C=O) groups excluding carboxylic acids is 1. The van der Waals surface area contributed by atoms with Gasteiger partial charge in [0.1, 0.15) is 13.2 Å². The van der Waals surface area contributed by atoms with Crippen molar-refractivity contribution in [2.45, 2.75) is 43.0 Å². The van der Waals surface area contributed by atoms with Crippen molar-refractivity contribution in [3.05, 3.63) is 53.6 Å². The maximum Gasteiger partial charge on any atom is 0.254 e. The fraction of sp³-hybridized carbons (Fsp3) is 0.458. The predicted molar refractivity (Wildman–Crippen MR) is 119 cm³/mol. The molecule has 3 aliphatic heterocycles. The minimum absolute atomic E-state index is 0.0323. The molecule has 3 heterocycles. The van der Waals surface area contributed by atoms with E-state index < -0.39 is 10.0 Å². The van der Waals surface area contributed by atoms with Gasteiger partial charge in [0.25, 0.3) is 5.91 Å². The van der Waals surface area contributed by atoms with Gasteiger partial charge in [0, 0.05) is 25.2 Å². The fourth-order valence-electron chi connectivity index (χ4n) is 4.81. The Morgan fingerprint density at radius 1 is 0.844 bits per heavy atom. The molecular weight excluding hydrogens is 428 g/mol. The molecule has 2 saturated heterocycles. The molecule has 1 amide bonds. The molecule has 0 radical (unpaired) electrons. The van der Waals surface area contributed by atoms with Crippen molar-refractivity contribution in [2.24, 2.45) is 0 Å². The zero-order valence-electron chi connectivity index (χ0n) is 18.0. The van der Waals surface area contributed by atoms with E-state index in [1.54, 1.807) is 28.6 Å². The van der Waals surface area contributed by atoms with Crippen LogP contribution in [0.4, 0.5) is 0 Å². The fourth-order valence-corrected chi connectivity index (χ4v) is 6.33. The van der Waals surface area contributed by atoms with E-state index in [2.05, 4.69) is 0 Å². The summed E-state index contributed by atoms with van der Waals surface area (Å²) in [6.07, 6.45) is 4.66. The number of fused-ring (bicyclic) bond motifs is 1. The van der Waals surface area contributed by atoms with E-state index in [0.29, 0.717) is 38.4 Å². The molecule has 5 rings (SSSR count). The van der Waals surface area contributed by atoms with Crippen LogP contribution in [0.1, 0.15) is 54.1 Å². The van der Waals surface area contributed by atoms with Gasteiger partial charge in [-0.3, -0.25) is 4.79 Å². The van der Waals surface area contributed by atoms with Crippen molar-refractivity contribution in [2.75, 3.05) is 32.8 Å². The molecule has 0 aliphatic carbocycles. The van der Waals surface area contributed by atoms with Gasteiger partial charge < -0.3 is 14.4 Å². The van der Waals surface area contributed by atoms with Crippen molar-refractivity contribution in [3.8, 4) is 11.5 Å². The molecule has 8 heteroatoms. The van der Waals surface area contributed by atoms with E-state index in [1.165, 1.54) is 0 Å². The molecule has 32 heavy (non-hydrogen) atoms. The van der Waals surface area contributed by atoms with Crippen LogP contribution in [0, 0.1) is 0 Å². The Bertz CT molecular complexity index is 1090. The van der Waals surface area contributed by atoms with Crippen molar-refractivity contribution in [1.82, 2.24) is 9.21 Å². The molecule has 2 aromatic rings. The minimum atomic E-state index is -3.50. The number of amides is 1. The van der Waals surface area contributed by atoms with Crippen LogP contribution in [0.3, 0.4) is 0 Å². The van der Waals surface area contributed by atoms with Crippen LogP contribution in [0.2, 0.25) is 0 Å². The summed E-state index contributed by atoms with van der Waals surface area (Å²) in [5.74, 6) is 1.38.